The summed E-state index contributed by atoms with van der Waals surface area (Å²) in [5.41, 5.74) is 1.32. The van der Waals surface area contributed by atoms with Crippen LogP contribution in [0.4, 0.5) is 0 Å². The van der Waals surface area contributed by atoms with Gasteiger partial charge in [-0.05, 0) is 0 Å². The highest BCUT2D eigenvalue weighted by molar-refractivity contribution is 6.24. The molecule has 0 heterocycles. The molecule has 0 rings (SSSR count). The molecule has 0 spiro atoms. The van der Waals surface area contributed by atoms with Crippen molar-refractivity contribution in [3.8, 4) is 0 Å². The van der Waals surface area contributed by atoms with Crippen LogP contribution in [0.1, 0.15) is 13.8 Å². The molecule has 2 radical (unpaired) electrons. The fourth-order valence-electron chi connectivity index (χ4n) is 0.258. The molecule has 0 aliphatic heterocycles. The lowest BCUT2D eigenvalue weighted by Crippen LogP contribution is -2.13. The Labute approximate surface area is 46.3 Å². The SMILES string of the molecule is C[B-][N+](C)=C(C)C. The summed E-state index contributed by atoms with van der Waals surface area (Å²) in [7, 11) is 4.07. The van der Waals surface area contributed by atoms with Gasteiger partial charge in [-0.15, -0.1) is 0 Å². The minimum Gasteiger partial charge on any atom is -0.512 e. The first kappa shape index (κ1) is 6.73. The maximum absolute atomic E-state index is 2.08. The van der Waals surface area contributed by atoms with Gasteiger partial charge in [-0.25, -0.2) is 0 Å². The molecule has 0 amide bonds. The molecule has 0 aliphatic rings. The van der Waals surface area contributed by atoms with E-state index in [4.69, 9.17) is 0 Å². The molecule has 1 nitrogen and oxygen atoms in total. The number of rotatable bonds is 1. The third-order valence-electron chi connectivity index (χ3n) is 1.09. The number of hydrogen-bond donors (Lipinski definition) is 0. The van der Waals surface area contributed by atoms with Crippen LogP contribution >= 0.6 is 0 Å². The molecule has 0 N–H and O–H groups in total. The van der Waals surface area contributed by atoms with Gasteiger partial charge < -0.3 is 4.49 Å². The van der Waals surface area contributed by atoms with Gasteiger partial charge >= 0.3 is 0 Å². The Hall–Kier alpha value is -0.265. The van der Waals surface area contributed by atoms with Crippen molar-refractivity contribution in [1.29, 1.82) is 0 Å². The van der Waals surface area contributed by atoms with Crippen LogP contribution in [0.2, 0.25) is 6.82 Å². The second-order valence-corrected chi connectivity index (χ2v) is 1.82. The van der Waals surface area contributed by atoms with Crippen molar-refractivity contribution < 1.29 is 4.49 Å². The lowest BCUT2D eigenvalue weighted by atomic mass is 9.99. The van der Waals surface area contributed by atoms with E-state index in [2.05, 4.69) is 18.3 Å². The van der Waals surface area contributed by atoms with E-state index < -0.39 is 0 Å². The second kappa shape index (κ2) is 2.83. The topological polar surface area (TPSA) is 3.01 Å². The molecule has 0 fully saturated rings. The van der Waals surface area contributed by atoms with Gasteiger partial charge in [-0.2, -0.15) is 6.82 Å². The molecule has 0 aromatic rings. The van der Waals surface area contributed by atoms with E-state index in [1.165, 1.54) is 5.71 Å². The zero-order valence-corrected chi connectivity index (χ0v) is 5.52. The Morgan fingerprint density at radius 3 is 1.86 bits per heavy atom. The zero-order chi connectivity index (χ0) is 5.86. The highest BCUT2D eigenvalue weighted by atomic mass is 14.9. The molecule has 0 saturated heterocycles. The lowest BCUT2D eigenvalue weighted by molar-refractivity contribution is -0.343. The lowest BCUT2D eigenvalue weighted by Gasteiger charge is -2.04. The van der Waals surface area contributed by atoms with E-state index in [-0.39, 0.29) is 0 Å². The first-order chi connectivity index (χ1) is 3.18. The predicted molar refractivity (Wildman–Crippen MR) is 34.2 cm³/mol. The number of nitrogens with zero attached hydrogens (tertiary/aromatic N) is 1. The largest absolute Gasteiger partial charge is 0.512 e. The van der Waals surface area contributed by atoms with E-state index in [0.29, 0.717) is 0 Å². The van der Waals surface area contributed by atoms with Crippen LogP contribution in [-0.4, -0.2) is 24.7 Å². The Kier molecular flexibility index (Phi) is 2.73. The van der Waals surface area contributed by atoms with Crippen molar-refractivity contribution in [3.05, 3.63) is 0 Å². The van der Waals surface area contributed by atoms with Gasteiger partial charge in [0, 0.05) is 13.8 Å². The summed E-state index contributed by atoms with van der Waals surface area (Å²) in [6, 6.07) is 0. The van der Waals surface area contributed by atoms with Gasteiger partial charge in [-0.1, -0.05) is 0 Å². The fraction of sp³-hybridized carbons (Fsp3) is 0.800. The monoisotopic (exact) mass is 97.1 g/mol. The molecular formula is C5H12BN. The Morgan fingerprint density at radius 2 is 1.86 bits per heavy atom. The van der Waals surface area contributed by atoms with E-state index in [1.54, 1.807) is 0 Å². The van der Waals surface area contributed by atoms with Gasteiger partial charge in [-0.3, -0.25) is 0 Å². The van der Waals surface area contributed by atoms with E-state index in [9.17, 15) is 0 Å². The first-order valence-electron chi connectivity index (χ1n) is 2.51. The minimum atomic E-state index is 1.32. The van der Waals surface area contributed by atoms with Gasteiger partial charge in [0.2, 0.25) is 0 Å². The number of hydrogen-bond acceptors (Lipinski definition) is 0. The molecule has 40 valence electrons. The standard InChI is InChI=1S/C5H12BN/c1-5(2)7(4)6-3/h1-4H3. The van der Waals surface area contributed by atoms with Gasteiger partial charge in [0.05, 0.1) is 20.2 Å². The Balaban J connectivity index is 3.72. The minimum absolute atomic E-state index is 1.32. The van der Waals surface area contributed by atoms with Crippen LogP contribution in [0, 0.1) is 0 Å². The average molecular weight is 97.0 g/mol. The zero-order valence-electron chi connectivity index (χ0n) is 5.52. The van der Waals surface area contributed by atoms with Gasteiger partial charge in [0.25, 0.3) is 0 Å². The summed E-state index contributed by atoms with van der Waals surface area (Å²) >= 11 is 0. The molecule has 0 saturated carbocycles. The van der Waals surface area contributed by atoms with E-state index in [1.807, 2.05) is 21.3 Å². The summed E-state index contributed by atoms with van der Waals surface area (Å²) in [6.07, 6.45) is 0. The summed E-state index contributed by atoms with van der Waals surface area (Å²) in [6.45, 7) is 6.19. The van der Waals surface area contributed by atoms with Crippen molar-refractivity contribution in [2.45, 2.75) is 20.7 Å². The van der Waals surface area contributed by atoms with Crippen LogP contribution in [0.5, 0.6) is 0 Å². The maximum Gasteiger partial charge on any atom is 0.0884 e. The smallest absolute Gasteiger partial charge is 0.0884 e. The summed E-state index contributed by atoms with van der Waals surface area (Å²) < 4.78 is 2.08. The van der Waals surface area contributed by atoms with Crippen LogP contribution in [0.25, 0.3) is 0 Å². The fourth-order valence-corrected chi connectivity index (χ4v) is 0.258. The second-order valence-electron chi connectivity index (χ2n) is 1.82. The molecule has 0 unspecified atom stereocenters. The van der Waals surface area contributed by atoms with Gasteiger partial charge in [0.15, 0.2) is 0 Å². The molecule has 0 aromatic carbocycles. The Bertz CT molecular complexity index is 82.1. The molecule has 7 heavy (non-hydrogen) atoms. The molecular weight excluding hydrogens is 84.9 g/mol. The van der Waals surface area contributed by atoms with Gasteiger partial charge in [0.1, 0.15) is 0 Å². The average Bonchev–Trinajstić information content (AvgIpc) is 1.65. The van der Waals surface area contributed by atoms with Crippen LogP contribution in [0.3, 0.4) is 0 Å². The highest BCUT2D eigenvalue weighted by Crippen LogP contribution is 1.68. The van der Waals surface area contributed by atoms with Crippen molar-refractivity contribution in [2.24, 2.45) is 0 Å². The third-order valence-corrected chi connectivity index (χ3v) is 1.09. The van der Waals surface area contributed by atoms with Crippen molar-refractivity contribution in [3.63, 3.8) is 0 Å². The van der Waals surface area contributed by atoms with E-state index >= 15 is 0 Å². The van der Waals surface area contributed by atoms with Crippen molar-refractivity contribution in [2.75, 3.05) is 7.05 Å². The molecule has 0 atom stereocenters. The predicted octanol–water partition coefficient (Wildman–Crippen LogP) is 0.777. The van der Waals surface area contributed by atoms with Crippen LogP contribution in [0.15, 0.2) is 0 Å². The van der Waals surface area contributed by atoms with E-state index in [0.717, 1.165) is 0 Å². The normalized spacial score (nSPS) is 8.57. The maximum atomic E-state index is 2.08. The Morgan fingerprint density at radius 1 is 1.43 bits per heavy atom. The summed E-state index contributed by atoms with van der Waals surface area (Å²) in [4.78, 5) is 0. The quantitative estimate of drug-likeness (QED) is 0.336. The molecule has 0 aliphatic carbocycles. The van der Waals surface area contributed by atoms with Crippen molar-refractivity contribution >= 4 is 13.1 Å². The highest BCUT2D eigenvalue weighted by Gasteiger charge is 1.79. The molecule has 2 heteroatoms. The summed E-state index contributed by atoms with van der Waals surface area (Å²) in [5.74, 6) is 0. The molecule has 0 bridgehead atoms. The third kappa shape index (κ3) is 2.43. The first-order valence-corrected chi connectivity index (χ1v) is 2.51. The van der Waals surface area contributed by atoms with Crippen LogP contribution < -0.4 is 0 Å². The van der Waals surface area contributed by atoms with Crippen molar-refractivity contribution in [1.82, 2.24) is 0 Å². The molecule has 0 aromatic heterocycles. The van der Waals surface area contributed by atoms with Crippen LogP contribution in [-0.2, 0) is 0 Å². The summed E-state index contributed by atoms with van der Waals surface area (Å²) in [5, 5.41) is 0.